The standard InChI is InChI=1S/C24H30N2O5Si.C21H28N2O2Si.C2Cl2O2/c1-24(2,3)31-23(29)26-10-9-25-15-19(21(27)22(28)30-4)18-13-16(8-11-32(5,6)7)12-17(14-26)20(18)25;1-21(2,3)25-20(24)23-11-10-22-9-7-17-13-16(8-12-26(4,5)6)14-18(15-23)19(17)22;3-1(5)2(4)6/h12-13,15H,9-10,14H2,1-7H3;7,9,13-14H,10-11,15H2,1-6H3;. The van der Waals surface area contributed by atoms with Crippen LogP contribution in [0.15, 0.2) is 42.7 Å². The van der Waals surface area contributed by atoms with Gasteiger partial charge in [0.2, 0.25) is 0 Å². The SMILES string of the molecule is CC(C)(C)OC(=O)N1CCn2ccc3cc(C#C[Si](C)(C)C)cc(c32)C1.COC(=O)C(=O)c1cn2c3c(cc(C#C[Si](C)(C)C)cc13)CN(C(=O)OC(C)(C)C)CC2.O=C(Cl)C(=O)Cl. The summed E-state index contributed by atoms with van der Waals surface area (Å²) in [6, 6.07) is 10.2. The molecule has 2 aromatic carbocycles. The van der Waals surface area contributed by atoms with Gasteiger partial charge in [-0.2, -0.15) is 0 Å². The Labute approximate surface area is 387 Å². The minimum atomic E-state index is -1.64. The number of nitrogens with zero attached hydrogens (tertiary/aromatic N) is 4. The average Bonchev–Trinajstić information content (AvgIpc) is 3.62. The van der Waals surface area contributed by atoms with Crippen LogP contribution in [0.2, 0.25) is 39.3 Å². The molecule has 0 spiro atoms. The van der Waals surface area contributed by atoms with E-state index in [9.17, 15) is 28.8 Å². The average molecular weight is 950 g/mol. The lowest BCUT2D eigenvalue weighted by atomic mass is 10.0. The zero-order valence-electron chi connectivity index (χ0n) is 39.0. The van der Waals surface area contributed by atoms with Crippen LogP contribution in [0.4, 0.5) is 9.59 Å². The molecule has 2 amide bonds. The number of carbonyl (C=O) groups is 6. The second-order valence-corrected chi connectivity index (χ2v) is 29.7. The summed E-state index contributed by atoms with van der Waals surface area (Å²) >= 11 is 8.98. The van der Waals surface area contributed by atoms with Gasteiger partial charge in [-0.05, 0) is 106 Å². The Morgan fingerprint density at radius 2 is 1.09 bits per heavy atom. The van der Waals surface area contributed by atoms with Crippen LogP contribution in [0, 0.1) is 22.9 Å². The molecule has 0 saturated heterocycles. The van der Waals surface area contributed by atoms with Gasteiger partial charge < -0.3 is 33.1 Å². The predicted octanol–water partition coefficient (Wildman–Crippen LogP) is 9.11. The van der Waals surface area contributed by atoms with Crippen molar-refractivity contribution in [3.05, 3.63) is 70.5 Å². The van der Waals surface area contributed by atoms with Gasteiger partial charge in [0.1, 0.15) is 27.3 Å². The first-order valence-corrected chi connectivity index (χ1v) is 28.5. The highest BCUT2D eigenvalue weighted by Gasteiger charge is 2.30. The third-order valence-electron chi connectivity index (χ3n) is 9.17. The minimum absolute atomic E-state index is 0.255. The number of ether oxygens (including phenoxy) is 3. The molecule has 0 fully saturated rings. The van der Waals surface area contributed by atoms with E-state index in [1.165, 1.54) is 18.0 Å². The van der Waals surface area contributed by atoms with Crippen molar-refractivity contribution in [2.75, 3.05) is 20.2 Å². The Morgan fingerprint density at radius 3 is 1.53 bits per heavy atom. The monoisotopic (exact) mass is 948 g/mol. The second kappa shape index (κ2) is 20.2. The van der Waals surface area contributed by atoms with E-state index in [-0.39, 0.29) is 17.7 Å². The molecule has 2 aromatic heterocycles. The summed E-state index contributed by atoms with van der Waals surface area (Å²) in [5.41, 5.74) is 11.8. The maximum atomic E-state index is 12.8. The van der Waals surface area contributed by atoms with Gasteiger partial charge in [0.05, 0.1) is 36.8 Å². The smallest absolute Gasteiger partial charge is 0.410 e. The molecule has 342 valence electrons. The summed E-state index contributed by atoms with van der Waals surface area (Å²) in [6.45, 7) is 27.6. The van der Waals surface area contributed by atoms with Crippen LogP contribution in [-0.4, -0.2) is 101 Å². The Kier molecular flexibility index (Phi) is 16.2. The highest BCUT2D eigenvalue weighted by atomic mass is 35.5. The van der Waals surface area contributed by atoms with Crippen LogP contribution >= 0.6 is 23.2 Å². The molecule has 13 nitrogen and oxygen atoms in total. The number of Topliss-reactive ketones (excluding diaryl/α,β-unsaturated/α-hetero) is 1. The van der Waals surface area contributed by atoms with Gasteiger partial charge in [-0.1, -0.05) is 51.1 Å². The van der Waals surface area contributed by atoms with Crippen molar-refractivity contribution in [1.82, 2.24) is 18.9 Å². The quantitative estimate of drug-likeness (QED) is 0.0373. The first-order valence-electron chi connectivity index (χ1n) is 20.8. The fourth-order valence-corrected chi connectivity index (χ4v) is 7.65. The van der Waals surface area contributed by atoms with E-state index >= 15 is 0 Å². The molecule has 0 saturated carbocycles. The van der Waals surface area contributed by atoms with Gasteiger partial charge in [0, 0.05) is 60.5 Å². The third-order valence-corrected chi connectivity index (χ3v) is 11.4. The highest BCUT2D eigenvalue weighted by molar-refractivity contribution is 6.97. The van der Waals surface area contributed by atoms with Crippen LogP contribution in [-0.2, 0) is 54.8 Å². The predicted molar refractivity (Wildman–Crippen MR) is 256 cm³/mol. The Morgan fingerprint density at radius 1 is 0.641 bits per heavy atom. The van der Waals surface area contributed by atoms with Crippen molar-refractivity contribution in [3.8, 4) is 22.9 Å². The number of ketones is 1. The maximum Gasteiger partial charge on any atom is 0.410 e. The maximum absolute atomic E-state index is 12.8. The van der Waals surface area contributed by atoms with Crippen molar-refractivity contribution < 1.29 is 43.0 Å². The molecule has 0 radical (unpaired) electrons. The van der Waals surface area contributed by atoms with E-state index in [1.807, 2.05) is 58.2 Å². The van der Waals surface area contributed by atoms with Crippen molar-refractivity contribution in [1.29, 1.82) is 0 Å². The van der Waals surface area contributed by atoms with Crippen LogP contribution < -0.4 is 0 Å². The molecular formula is C47H58Cl2N4O9Si2. The number of rotatable bonds is 3. The van der Waals surface area contributed by atoms with Gasteiger partial charge in [0.25, 0.3) is 5.78 Å². The van der Waals surface area contributed by atoms with Crippen LogP contribution in [0.25, 0.3) is 21.8 Å². The summed E-state index contributed by atoms with van der Waals surface area (Å²) in [4.78, 5) is 72.3. The van der Waals surface area contributed by atoms with Crippen LogP contribution in [0.3, 0.4) is 0 Å². The summed E-state index contributed by atoms with van der Waals surface area (Å²) in [5.74, 6) is 4.99. The summed E-state index contributed by atoms with van der Waals surface area (Å²) < 4.78 is 20.0. The molecule has 17 heteroatoms. The largest absolute Gasteiger partial charge is 0.463 e. The molecule has 4 heterocycles. The first-order chi connectivity index (χ1) is 29.4. The summed E-state index contributed by atoms with van der Waals surface area (Å²) in [6.07, 6.45) is 3.13. The lowest BCUT2D eigenvalue weighted by Gasteiger charge is -2.26. The van der Waals surface area contributed by atoms with Crippen LogP contribution in [0.1, 0.15) is 74.2 Å². The van der Waals surface area contributed by atoms with Gasteiger partial charge in [-0.25, -0.2) is 14.4 Å². The van der Waals surface area contributed by atoms with Crippen molar-refractivity contribution in [2.24, 2.45) is 0 Å². The zero-order chi connectivity index (χ0) is 48.1. The fraction of sp³-hybridized carbons (Fsp3) is 0.447. The number of carbonyl (C=O) groups excluding carboxylic acids is 6. The second-order valence-electron chi connectivity index (χ2n) is 19.5. The number of aromatic nitrogens is 2. The Hall–Kier alpha value is -5.33. The number of hydrogen-bond donors (Lipinski definition) is 0. The van der Waals surface area contributed by atoms with E-state index in [2.05, 4.69) is 119 Å². The lowest BCUT2D eigenvalue weighted by molar-refractivity contribution is -0.135. The number of benzene rings is 2. The van der Waals surface area contributed by atoms with Gasteiger partial charge in [-0.3, -0.25) is 14.4 Å². The fourth-order valence-electron chi connectivity index (χ4n) is 6.61. The van der Waals surface area contributed by atoms with Gasteiger partial charge in [-0.15, -0.1) is 11.1 Å². The number of hydrogen-bond acceptors (Lipinski definition) is 9. The van der Waals surface area contributed by atoms with Crippen molar-refractivity contribution in [2.45, 2.75) is 118 Å². The van der Waals surface area contributed by atoms with Crippen molar-refractivity contribution in [3.63, 3.8) is 0 Å². The molecule has 4 aromatic rings. The molecular weight excluding hydrogens is 892 g/mol. The number of amides is 2. The van der Waals surface area contributed by atoms with Gasteiger partial charge in [0.15, 0.2) is 0 Å². The van der Waals surface area contributed by atoms with Crippen LogP contribution in [0.5, 0.6) is 0 Å². The molecule has 0 unspecified atom stereocenters. The molecule has 64 heavy (non-hydrogen) atoms. The molecule has 2 aliphatic heterocycles. The molecule has 0 bridgehead atoms. The third kappa shape index (κ3) is 14.6. The molecule has 0 atom stereocenters. The zero-order valence-corrected chi connectivity index (χ0v) is 42.5. The molecule has 2 aliphatic rings. The topological polar surface area (TPSA) is 146 Å². The number of esters is 1. The van der Waals surface area contributed by atoms with E-state index in [0.717, 1.165) is 34.3 Å². The number of methoxy groups -OCH3 is 1. The van der Waals surface area contributed by atoms with E-state index in [4.69, 9.17) is 9.47 Å². The number of halogens is 2. The van der Waals surface area contributed by atoms with Crippen molar-refractivity contribution >= 4 is 95.6 Å². The van der Waals surface area contributed by atoms with E-state index in [0.29, 0.717) is 38.1 Å². The van der Waals surface area contributed by atoms with E-state index in [1.54, 1.807) is 16.0 Å². The molecule has 0 N–H and O–H groups in total. The Balaban J connectivity index is 0.000000253. The summed E-state index contributed by atoms with van der Waals surface area (Å²) in [5, 5.41) is -0.453. The lowest BCUT2D eigenvalue weighted by Crippen LogP contribution is -2.37. The first kappa shape index (κ1) is 51.3. The highest BCUT2D eigenvalue weighted by Crippen LogP contribution is 2.31. The Bertz CT molecular complexity index is 2610. The normalized spacial score (nSPS) is 13.5. The van der Waals surface area contributed by atoms with Gasteiger partial charge >= 0.3 is 28.6 Å². The minimum Gasteiger partial charge on any atom is -0.463 e. The molecule has 6 rings (SSSR count). The molecule has 0 aliphatic carbocycles. The summed E-state index contributed by atoms with van der Waals surface area (Å²) in [7, 11) is -1.88. The van der Waals surface area contributed by atoms with E-state index < -0.39 is 49.6 Å².